The van der Waals surface area contributed by atoms with Gasteiger partial charge in [0.05, 0.1) is 0 Å². The molecule has 1 aromatic carbocycles. The Morgan fingerprint density at radius 1 is 1.15 bits per heavy atom. The normalized spacial score (nSPS) is 12.2. The summed E-state index contributed by atoms with van der Waals surface area (Å²) in [7, 11) is 1.54. The topological polar surface area (TPSA) is 98.7 Å². The Labute approximate surface area is 154 Å². The fraction of sp³-hybridized carbons (Fsp3) is 0.526. The summed E-state index contributed by atoms with van der Waals surface area (Å²) in [6, 6.07) is 8.83. The lowest BCUT2D eigenvalue weighted by Crippen LogP contribution is -2.50. The monoisotopic (exact) mass is 363 g/mol. The van der Waals surface area contributed by atoms with Gasteiger partial charge < -0.3 is 20.6 Å². The molecule has 0 aliphatic carbocycles. The van der Waals surface area contributed by atoms with Crippen molar-refractivity contribution in [3.05, 3.63) is 35.9 Å². The van der Waals surface area contributed by atoms with Gasteiger partial charge in [0.2, 0.25) is 5.91 Å². The Hall–Kier alpha value is -2.57. The van der Waals surface area contributed by atoms with Gasteiger partial charge >= 0.3 is 12.0 Å². The first kappa shape index (κ1) is 21.5. The summed E-state index contributed by atoms with van der Waals surface area (Å²) >= 11 is 0. The zero-order chi connectivity index (χ0) is 19.7. The average Bonchev–Trinajstić information content (AvgIpc) is 2.51. The van der Waals surface area contributed by atoms with Crippen molar-refractivity contribution in [3.8, 4) is 0 Å². The van der Waals surface area contributed by atoms with E-state index in [2.05, 4.69) is 10.6 Å². The van der Waals surface area contributed by atoms with E-state index in [1.54, 1.807) is 0 Å². The molecule has 7 nitrogen and oxygen atoms in total. The number of rotatable bonds is 8. The molecule has 26 heavy (non-hydrogen) atoms. The summed E-state index contributed by atoms with van der Waals surface area (Å²) in [5, 5.41) is 14.6. The Morgan fingerprint density at radius 2 is 1.77 bits per heavy atom. The molecule has 7 heteroatoms. The maximum atomic E-state index is 12.4. The van der Waals surface area contributed by atoms with E-state index in [1.165, 1.54) is 11.9 Å². The van der Waals surface area contributed by atoms with Crippen molar-refractivity contribution >= 4 is 17.9 Å². The first-order valence-electron chi connectivity index (χ1n) is 8.65. The zero-order valence-corrected chi connectivity index (χ0v) is 15.9. The minimum Gasteiger partial charge on any atom is -0.481 e. The molecule has 0 bridgehead atoms. The summed E-state index contributed by atoms with van der Waals surface area (Å²) < 4.78 is 0. The standard InChI is InChI=1S/C19H29N3O4/c1-19(2,3)21-16(23)13-22(4)18(26)20-15(10-11-17(24)25)12-14-8-6-5-7-9-14/h5-9,15H,10-13H2,1-4H3,(H,20,26)(H,21,23)(H,24,25). The predicted octanol–water partition coefficient (Wildman–Crippen LogP) is 2.02. The lowest BCUT2D eigenvalue weighted by Gasteiger charge is -2.25. The maximum Gasteiger partial charge on any atom is 0.317 e. The van der Waals surface area contributed by atoms with Gasteiger partial charge in [0.15, 0.2) is 0 Å². The molecule has 1 unspecified atom stereocenters. The molecule has 0 aliphatic heterocycles. The lowest BCUT2D eigenvalue weighted by atomic mass is 10.0. The second-order valence-electron chi connectivity index (χ2n) is 7.42. The van der Waals surface area contributed by atoms with E-state index < -0.39 is 12.0 Å². The summed E-state index contributed by atoms with van der Waals surface area (Å²) in [5.41, 5.74) is 0.641. The number of benzene rings is 1. The van der Waals surface area contributed by atoms with Crippen molar-refractivity contribution in [2.24, 2.45) is 0 Å². The molecule has 0 saturated carbocycles. The van der Waals surface area contributed by atoms with E-state index in [0.29, 0.717) is 12.8 Å². The predicted molar refractivity (Wildman–Crippen MR) is 99.9 cm³/mol. The third kappa shape index (κ3) is 9.05. The second-order valence-corrected chi connectivity index (χ2v) is 7.42. The maximum absolute atomic E-state index is 12.4. The molecule has 0 aliphatic rings. The third-order valence-electron chi connectivity index (χ3n) is 3.60. The number of carbonyl (C=O) groups is 3. The van der Waals surface area contributed by atoms with Crippen LogP contribution in [0.3, 0.4) is 0 Å². The van der Waals surface area contributed by atoms with Gasteiger partial charge in [-0.1, -0.05) is 30.3 Å². The molecule has 0 fully saturated rings. The van der Waals surface area contributed by atoms with Gasteiger partial charge in [0.25, 0.3) is 0 Å². The van der Waals surface area contributed by atoms with E-state index in [1.807, 2.05) is 51.1 Å². The Balaban J connectivity index is 2.65. The molecular weight excluding hydrogens is 334 g/mol. The van der Waals surface area contributed by atoms with Crippen LogP contribution in [-0.2, 0) is 16.0 Å². The molecule has 1 aromatic rings. The highest BCUT2D eigenvalue weighted by Crippen LogP contribution is 2.08. The molecule has 3 amide bonds. The number of amides is 3. The first-order valence-corrected chi connectivity index (χ1v) is 8.65. The van der Waals surface area contributed by atoms with E-state index in [4.69, 9.17) is 5.11 Å². The third-order valence-corrected chi connectivity index (χ3v) is 3.60. The molecule has 0 saturated heterocycles. The number of hydrogen-bond donors (Lipinski definition) is 3. The number of urea groups is 1. The highest BCUT2D eigenvalue weighted by atomic mass is 16.4. The van der Waals surface area contributed by atoms with Crippen LogP contribution in [0.25, 0.3) is 0 Å². The minimum absolute atomic E-state index is 0.0357. The number of nitrogens with one attached hydrogen (secondary N) is 2. The van der Waals surface area contributed by atoms with Crippen LogP contribution in [0, 0.1) is 0 Å². The van der Waals surface area contributed by atoms with E-state index in [-0.39, 0.29) is 30.5 Å². The van der Waals surface area contributed by atoms with Gasteiger partial charge in [0.1, 0.15) is 6.54 Å². The molecule has 1 atom stereocenters. The molecule has 1 rings (SSSR count). The molecule has 0 spiro atoms. The van der Waals surface area contributed by atoms with Gasteiger partial charge in [-0.15, -0.1) is 0 Å². The van der Waals surface area contributed by atoms with Crippen molar-refractivity contribution in [1.29, 1.82) is 0 Å². The Bertz CT molecular complexity index is 611. The van der Waals surface area contributed by atoms with E-state index in [9.17, 15) is 14.4 Å². The number of likely N-dealkylation sites (N-methyl/N-ethyl adjacent to an activating group) is 1. The van der Waals surface area contributed by atoms with E-state index >= 15 is 0 Å². The number of carboxylic acid groups (broad SMARTS) is 1. The first-order chi connectivity index (χ1) is 12.1. The molecule has 144 valence electrons. The van der Waals surface area contributed by atoms with Crippen LogP contribution < -0.4 is 10.6 Å². The number of carbonyl (C=O) groups excluding carboxylic acids is 2. The van der Waals surface area contributed by atoms with Crippen LogP contribution >= 0.6 is 0 Å². The van der Waals surface area contributed by atoms with Crippen molar-refractivity contribution < 1.29 is 19.5 Å². The summed E-state index contributed by atoms with van der Waals surface area (Å²) in [4.78, 5) is 36.5. The summed E-state index contributed by atoms with van der Waals surface area (Å²) in [5.74, 6) is -1.16. The van der Waals surface area contributed by atoms with Crippen LogP contribution in [0.2, 0.25) is 0 Å². The average molecular weight is 363 g/mol. The van der Waals surface area contributed by atoms with Gasteiger partial charge in [0, 0.05) is 25.0 Å². The minimum atomic E-state index is -0.907. The number of hydrogen-bond acceptors (Lipinski definition) is 3. The van der Waals surface area contributed by atoms with Crippen LogP contribution in [0.1, 0.15) is 39.2 Å². The molecule has 0 aromatic heterocycles. The fourth-order valence-electron chi connectivity index (χ4n) is 2.45. The van der Waals surface area contributed by atoms with Crippen LogP contribution in [0.15, 0.2) is 30.3 Å². The molecule has 0 heterocycles. The van der Waals surface area contributed by atoms with Crippen molar-refractivity contribution in [3.63, 3.8) is 0 Å². The van der Waals surface area contributed by atoms with Crippen molar-refractivity contribution in [2.45, 2.75) is 51.6 Å². The van der Waals surface area contributed by atoms with Crippen molar-refractivity contribution in [1.82, 2.24) is 15.5 Å². The van der Waals surface area contributed by atoms with Crippen LogP contribution in [-0.4, -0.2) is 53.1 Å². The smallest absolute Gasteiger partial charge is 0.317 e. The highest BCUT2D eigenvalue weighted by Gasteiger charge is 2.20. The summed E-state index contributed by atoms with van der Waals surface area (Å²) in [6.45, 7) is 5.53. The second kappa shape index (κ2) is 9.79. The number of carboxylic acids is 1. The van der Waals surface area contributed by atoms with Gasteiger partial charge in [-0.2, -0.15) is 0 Å². The lowest BCUT2D eigenvalue weighted by molar-refractivity contribution is -0.137. The highest BCUT2D eigenvalue weighted by molar-refractivity contribution is 5.84. The van der Waals surface area contributed by atoms with Crippen molar-refractivity contribution in [2.75, 3.05) is 13.6 Å². The number of nitrogens with zero attached hydrogens (tertiary/aromatic N) is 1. The molecular formula is C19H29N3O4. The van der Waals surface area contributed by atoms with Crippen LogP contribution in [0.5, 0.6) is 0 Å². The Morgan fingerprint density at radius 3 is 2.31 bits per heavy atom. The van der Waals surface area contributed by atoms with Crippen LogP contribution in [0.4, 0.5) is 4.79 Å². The van der Waals surface area contributed by atoms with E-state index in [0.717, 1.165) is 5.56 Å². The van der Waals surface area contributed by atoms with Gasteiger partial charge in [-0.3, -0.25) is 9.59 Å². The molecule has 3 N–H and O–H groups in total. The Kier molecular flexibility index (Phi) is 8.09. The SMILES string of the molecule is CN(CC(=O)NC(C)(C)C)C(=O)NC(CCC(=O)O)Cc1ccccc1. The van der Waals surface area contributed by atoms with Gasteiger partial charge in [-0.25, -0.2) is 4.79 Å². The van der Waals surface area contributed by atoms with Gasteiger partial charge in [-0.05, 0) is 39.2 Å². The largest absolute Gasteiger partial charge is 0.481 e. The summed E-state index contributed by atoms with van der Waals surface area (Å²) in [6.07, 6.45) is 0.811. The number of aliphatic carboxylic acids is 1. The quantitative estimate of drug-likeness (QED) is 0.658. The zero-order valence-electron chi connectivity index (χ0n) is 15.9. The molecule has 0 radical (unpaired) electrons. The fourth-order valence-corrected chi connectivity index (χ4v) is 2.45.